The average Bonchev–Trinajstić information content (AvgIpc) is 2.58. The lowest BCUT2D eigenvalue weighted by atomic mass is 10.1. The van der Waals surface area contributed by atoms with Crippen LogP contribution in [0.25, 0.3) is 0 Å². The summed E-state index contributed by atoms with van der Waals surface area (Å²) >= 11 is 5.84. The lowest BCUT2D eigenvalue weighted by Gasteiger charge is -2.10. The molecule has 6 heteroatoms. The van der Waals surface area contributed by atoms with Gasteiger partial charge in [0.1, 0.15) is 0 Å². The van der Waals surface area contributed by atoms with Gasteiger partial charge in [-0.3, -0.25) is 9.59 Å². The van der Waals surface area contributed by atoms with Gasteiger partial charge in [0, 0.05) is 16.1 Å². The molecule has 5 nitrogen and oxygen atoms in total. The minimum atomic E-state index is -0.374. The van der Waals surface area contributed by atoms with Gasteiger partial charge >= 0.3 is 0 Å². The van der Waals surface area contributed by atoms with Crippen LogP contribution in [0.5, 0.6) is 11.5 Å². The smallest absolute Gasteiger partial charge is 0.251 e. The highest BCUT2D eigenvalue weighted by atomic mass is 35.5. The Balaban J connectivity index is 2.03. The van der Waals surface area contributed by atoms with Gasteiger partial charge in [0.25, 0.3) is 5.91 Å². The number of hydrogen-bond acceptors (Lipinski definition) is 4. The van der Waals surface area contributed by atoms with Crippen LogP contribution in [-0.2, 0) is 0 Å². The zero-order chi connectivity index (χ0) is 16.8. The maximum absolute atomic E-state index is 12.1. The predicted molar refractivity (Wildman–Crippen MR) is 87.7 cm³/mol. The third-order valence-electron chi connectivity index (χ3n) is 3.20. The molecule has 2 rings (SSSR count). The first-order valence-corrected chi connectivity index (χ1v) is 7.22. The summed E-state index contributed by atoms with van der Waals surface area (Å²) in [6.07, 6.45) is 0. The molecule has 0 saturated carbocycles. The number of carbonyl (C=O) groups excluding carboxylic acids is 2. The van der Waals surface area contributed by atoms with Crippen LogP contribution >= 0.6 is 11.6 Å². The van der Waals surface area contributed by atoms with Gasteiger partial charge in [-0.15, -0.1) is 0 Å². The van der Waals surface area contributed by atoms with Crippen molar-refractivity contribution in [2.75, 3.05) is 20.8 Å². The first-order valence-electron chi connectivity index (χ1n) is 6.84. The number of ether oxygens (including phenoxy) is 2. The summed E-state index contributed by atoms with van der Waals surface area (Å²) in [4.78, 5) is 24.2. The Kier molecular flexibility index (Phi) is 5.60. The highest BCUT2D eigenvalue weighted by molar-refractivity contribution is 6.31. The molecule has 0 spiro atoms. The van der Waals surface area contributed by atoms with E-state index in [1.165, 1.54) is 14.2 Å². The van der Waals surface area contributed by atoms with Crippen LogP contribution in [0.4, 0.5) is 0 Å². The SMILES string of the molecule is COc1ccc(C(=O)NCC(=O)c2cccc(Cl)c2)cc1OC. The molecule has 23 heavy (non-hydrogen) atoms. The normalized spacial score (nSPS) is 10.0. The fraction of sp³-hybridized carbons (Fsp3) is 0.176. The monoisotopic (exact) mass is 333 g/mol. The number of benzene rings is 2. The second-order valence-electron chi connectivity index (χ2n) is 4.69. The van der Waals surface area contributed by atoms with Crippen molar-refractivity contribution in [1.82, 2.24) is 5.32 Å². The number of halogens is 1. The molecule has 1 N–H and O–H groups in total. The maximum atomic E-state index is 12.1. The van der Waals surface area contributed by atoms with Crippen molar-refractivity contribution in [1.29, 1.82) is 0 Å². The molecular weight excluding hydrogens is 318 g/mol. The number of amides is 1. The molecule has 2 aromatic rings. The van der Waals surface area contributed by atoms with E-state index in [1.54, 1.807) is 42.5 Å². The summed E-state index contributed by atoms with van der Waals surface area (Å²) in [5, 5.41) is 3.05. The highest BCUT2D eigenvalue weighted by Crippen LogP contribution is 2.27. The lowest BCUT2D eigenvalue weighted by molar-refractivity contribution is 0.0904. The zero-order valence-electron chi connectivity index (χ0n) is 12.8. The van der Waals surface area contributed by atoms with E-state index in [0.29, 0.717) is 27.6 Å². The van der Waals surface area contributed by atoms with E-state index in [-0.39, 0.29) is 18.2 Å². The van der Waals surface area contributed by atoms with E-state index in [2.05, 4.69) is 5.32 Å². The first kappa shape index (κ1) is 16.8. The molecular formula is C17H16ClNO4. The standard InChI is InChI=1S/C17H16ClNO4/c1-22-15-7-6-12(9-16(15)23-2)17(21)19-10-14(20)11-4-3-5-13(18)8-11/h3-9H,10H2,1-2H3,(H,19,21). The van der Waals surface area contributed by atoms with Crippen LogP contribution in [0.3, 0.4) is 0 Å². The minimum absolute atomic E-state index is 0.118. The molecule has 0 radical (unpaired) electrons. The molecule has 0 unspecified atom stereocenters. The molecule has 0 aliphatic heterocycles. The summed E-state index contributed by atoms with van der Waals surface area (Å²) in [5.41, 5.74) is 0.826. The number of nitrogens with one attached hydrogen (secondary N) is 1. The van der Waals surface area contributed by atoms with Gasteiger partial charge < -0.3 is 14.8 Å². The minimum Gasteiger partial charge on any atom is -0.493 e. The number of ketones is 1. The quantitative estimate of drug-likeness (QED) is 0.825. The molecule has 2 aromatic carbocycles. The molecule has 0 heterocycles. The number of methoxy groups -OCH3 is 2. The van der Waals surface area contributed by atoms with E-state index in [9.17, 15) is 9.59 Å². The second-order valence-corrected chi connectivity index (χ2v) is 5.12. The Morgan fingerprint density at radius 3 is 2.39 bits per heavy atom. The van der Waals surface area contributed by atoms with Gasteiger partial charge in [-0.1, -0.05) is 23.7 Å². The van der Waals surface area contributed by atoms with Crippen LogP contribution in [0.2, 0.25) is 5.02 Å². The van der Waals surface area contributed by atoms with Crippen molar-refractivity contribution in [3.63, 3.8) is 0 Å². The zero-order valence-corrected chi connectivity index (χ0v) is 13.5. The Morgan fingerprint density at radius 2 is 1.74 bits per heavy atom. The van der Waals surface area contributed by atoms with Gasteiger partial charge in [0.05, 0.1) is 20.8 Å². The van der Waals surface area contributed by atoms with E-state index in [1.807, 2.05) is 0 Å². The first-order chi connectivity index (χ1) is 11.0. The van der Waals surface area contributed by atoms with Crippen molar-refractivity contribution < 1.29 is 19.1 Å². The Hall–Kier alpha value is -2.53. The molecule has 0 aliphatic rings. The van der Waals surface area contributed by atoms with Crippen molar-refractivity contribution >= 4 is 23.3 Å². The van der Waals surface area contributed by atoms with Gasteiger partial charge in [0.2, 0.25) is 0 Å². The summed E-state index contributed by atoms with van der Waals surface area (Å²) in [5.74, 6) is 0.378. The van der Waals surface area contributed by atoms with Crippen molar-refractivity contribution in [3.05, 3.63) is 58.6 Å². The van der Waals surface area contributed by atoms with Crippen LogP contribution in [0.1, 0.15) is 20.7 Å². The van der Waals surface area contributed by atoms with Gasteiger partial charge in [-0.2, -0.15) is 0 Å². The van der Waals surface area contributed by atoms with E-state index in [4.69, 9.17) is 21.1 Å². The van der Waals surface area contributed by atoms with E-state index >= 15 is 0 Å². The van der Waals surface area contributed by atoms with Crippen LogP contribution in [0.15, 0.2) is 42.5 Å². The Labute approximate surface area is 139 Å². The van der Waals surface area contributed by atoms with Gasteiger partial charge in [-0.05, 0) is 30.3 Å². The molecule has 0 aromatic heterocycles. The molecule has 0 aliphatic carbocycles. The topological polar surface area (TPSA) is 64.6 Å². The molecule has 120 valence electrons. The summed E-state index contributed by atoms with van der Waals surface area (Å²) < 4.78 is 10.3. The molecule has 0 bridgehead atoms. The molecule has 0 atom stereocenters. The molecule has 0 saturated heterocycles. The van der Waals surface area contributed by atoms with Crippen LogP contribution in [-0.4, -0.2) is 32.5 Å². The summed E-state index contributed by atoms with van der Waals surface area (Å²) in [7, 11) is 3.00. The predicted octanol–water partition coefficient (Wildman–Crippen LogP) is 2.97. The number of rotatable bonds is 6. The average molecular weight is 334 g/mol. The Morgan fingerprint density at radius 1 is 1.00 bits per heavy atom. The fourth-order valence-corrected chi connectivity index (χ4v) is 2.19. The second kappa shape index (κ2) is 7.65. The van der Waals surface area contributed by atoms with Gasteiger partial charge in [-0.25, -0.2) is 0 Å². The van der Waals surface area contributed by atoms with Crippen molar-refractivity contribution in [2.24, 2.45) is 0 Å². The largest absolute Gasteiger partial charge is 0.493 e. The molecule has 1 amide bonds. The Bertz CT molecular complexity index is 730. The van der Waals surface area contributed by atoms with Crippen LogP contribution < -0.4 is 14.8 Å². The third kappa shape index (κ3) is 4.23. The van der Waals surface area contributed by atoms with Crippen LogP contribution in [0, 0.1) is 0 Å². The van der Waals surface area contributed by atoms with E-state index < -0.39 is 0 Å². The third-order valence-corrected chi connectivity index (χ3v) is 3.44. The highest BCUT2D eigenvalue weighted by Gasteiger charge is 2.13. The van der Waals surface area contributed by atoms with Crippen molar-refractivity contribution in [2.45, 2.75) is 0 Å². The maximum Gasteiger partial charge on any atom is 0.251 e. The van der Waals surface area contributed by atoms with Gasteiger partial charge in [0.15, 0.2) is 17.3 Å². The summed E-state index contributed by atoms with van der Waals surface area (Å²) in [6, 6.07) is 11.4. The lowest BCUT2D eigenvalue weighted by Crippen LogP contribution is -2.29. The fourth-order valence-electron chi connectivity index (χ4n) is 2.00. The van der Waals surface area contributed by atoms with Crippen molar-refractivity contribution in [3.8, 4) is 11.5 Å². The number of carbonyl (C=O) groups is 2. The summed E-state index contributed by atoms with van der Waals surface area (Å²) in [6.45, 7) is -0.118. The number of Topliss-reactive ketones (excluding diaryl/α,β-unsaturated/α-hetero) is 1. The van der Waals surface area contributed by atoms with E-state index in [0.717, 1.165) is 0 Å². The number of hydrogen-bond donors (Lipinski definition) is 1. The molecule has 0 fully saturated rings.